The molecule has 0 aromatic rings. The summed E-state index contributed by atoms with van der Waals surface area (Å²) in [5.41, 5.74) is 2.16. The molecule has 0 aromatic carbocycles. The van der Waals surface area contributed by atoms with Gasteiger partial charge >= 0.3 is 7.25 Å². The molecule has 4 heteroatoms. The zero-order chi connectivity index (χ0) is 12.8. The van der Waals surface area contributed by atoms with Crippen molar-refractivity contribution in [2.45, 2.75) is 52.7 Å². The monoisotopic (exact) mass is 235 g/mol. The van der Waals surface area contributed by atoms with E-state index in [2.05, 4.69) is 58.6 Å². The highest BCUT2D eigenvalue weighted by molar-refractivity contribution is 6.42. The van der Waals surface area contributed by atoms with Gasteiger partial charge in [-0.3, -0.25) is 0 Å². The van der Waals surface area contributed by atoms with E-state index in [4.69, 9.17) is 9.31 Å². The minimum Gasteiger partial charge on any atom is -0.384 e. The van der Waals surface area contributed by atoms with Gasteiger partial charge in [-0.1, -0.05) is 5.57 Å². The molecule has 0 saturated carbocycles. The number of hydrogen-bond acceptors (Lipinski definition) is 3. The molecule has 1 fully saturated rings. The molecule has 0 atom stereocenters. The van der Waals surface area contributed by atoms with E-state index in [9.17, 15) is 0 Å². The minimum atomic E-state index is -0.278. The summed E-state index contributed by atoms with van der Waals surface area (Å²) < 4.78 is 12.0. The van der Waals surface area contributed by atoms with Gasteiger partial charge < -0.3 is 14.1 Å². The van der Waals surface area contributed by atoms with Crippen molar-refractivity contribution < 1.29 is 9.31 Å². The van der Waals surface area contributed by atoms with Gasteiger partial charge in [0, 0.05) is 6.54 Å². The molecule has 0 amide bonds. The van der Waals surface area contributed by atoms with Gasteiger partial charge in [-0.15, -0.1) is 0 Å². The van der Waals surface area contributed by atoms with Crippen LogP contribution in [0.15, 0.2) is 23.4 Å². The van der Waals surface area contributed by atoms with Crippen LogP contribution in [0, 0.1) is 0 Å². The van der Waals surface area contributed by atoms with Crippen molar-refractivity contribution in [1.29, 1.82) is 0 Å². The normalized spacial score (nSPS) is 26.9. The van der Waals surface area contributed by atoms with Gasteiger partial charge in [0.2, 0.25) is 0 Å². The van der Waals surface area contributed by atoms with E-state index in [1.165, 1.54) is 11.1 Å². The van der Waals surface area contributed by atoms with Crippen LogP contribution >= 0.6 is 0 Å². The largest absolute Gasteiger partial charge is 0.594 e. The lowest BCUT2D eigenvalue weighted by Crippen LogP contribution is -2.41. The summed E-state index contributed by atoms with van der Waals surface area (Å²) in [7, 11) is -0.278. The standard InChI is InChI=1S/C13H22BNO2/c1-10-7-8-15(9-11(10)2)14-16-12(3,4)13(5,6)17-14/h7-8H,9H2,1-6H3. The lowest BCUT2D eigenvalue weighted by molar-refractivity contribution is 0.00578. The van der Waals surface area contributed by atoms with Crippen LogP contribution in [-0.2, 0) is 9.31 Å². The fourth-order valence-electron chi connectivity index (χ4n) is 1.89. The third kappa shape index (κ3) is 2.16. The molecule has 0 aromatic heterocycles. The molecule has 0 radical (unpaired) electrons. The maximum atomic E-state index is 6.02. The first-order chi connectivity index (χ1) is 7.73. The summed E-state index contributed by atoms with van der Waals surface area (Å²) >= 11 is 0. The molecule has 2 heterocycles. The van der Waals surface area contributed by atoms with Crippen molar-refractivity contribution in [2.24, 2.45) is 0 Å². The van der Waals surface area contributed by atoms with Crippen molar-refractivity contribution in [2.75, 3.05) is 6.54 Å². The molecule has 2 aliphatic rings. The van der Waals surface area contributed by atoms with Crippen LogP contribution in [0.4, 0.5) is 0 Å². The van der Waals surface area contributed by atoms with E-state index in [1.54, 1.807) is 0 Å². The molecule has 94 valence electrons. The lowest BCUT2D eigenvalue weighted by atomic mass is 9.90. The topological polar surface area (TPSA) is 21.7 Å². The SMILES string of the molecule is CC1=C(C)CN(B2OC(C)(C)C(C)(C)O2)C=C1. The maximum Gasteiger partial charge on any atom is 0.594 e. The molecule has 2 rings (SSSR count). The van der Waals surface area contributed by atoms with E-state index in [0.717, 1.165) is 6.54 Å². The molecule has 2 aliphatic heterocycles. The Bertz CT molecular complexity index is 369. The summed E-state index contributed by atoms with van der Waals surface area (Å²) in [5.74, 6) is 0. The van der Waals surface area contributed by atoms with Crippen LogP contribution in [-0.4, -0.2) is 29.8 Å². The molecular weight excluding hydrogens is 213 g/mol. The number of rotatable bonds is 1. The Balaban J connectivity index is 2.11. The lowest BCUT2D eigenvalue weighted by Gasteiger charge is -2.32. The van der Waals surface area contributed by atoms with Crippen LogP contribution < -0.4 is 0 Å². The third-order valence-corrected chi connectivity index (χ3v) is 4.12. The second-order valence-electron chi connectivity index (χ2n) is 6.01. The fraction of sp³-hybridized carbons (Fsp3) is 0.692. The van der Waals surface area contributed by atoms with Gasteiger partial charge in [0.05, 0.1) is 11.2 Å². The average molecular weight is 235 g/mol. The van der Waals surface area contributed by atoms with Gasteiger partial charge in [0.15, 0.2) is 0 Å². The molecular formula is C13H22BNO2. The Morgan fingerprint density at radius 3 is 2.12 bits per heavy atom. The van der Waals surface area contributed by atoms with E-state index in [1.807, 2.05) is 0 Å². The summed E-state index contributed by atoms with van der Waals surface area (Å²) in [6, 6.07) is 0. The first-order valence-corrected chi connectivity index (χ1v) is 6.19. The highest BCUT2D eigenvalue weighted by Gasteiger charge is 2.53. The minimum absolute atomic E-state index is 0.268. The smallest absolute Gasteiger partial charge is 0.384 e. The first-order valence-electron chi connectivity index (χ1n) is 6.19. The van der Waals surface area contributed by atoms with Crippen molar-refractivity contribution in [3.05, 3.63) is 23.4 Å². The Hall–Kier alpha value is -0.735. The summed E-state index contributed by atoms with van der Waals surface area (Å²) in [6.45, 7) is 13.5. The number of hydrogen-bond donors (Lipinski definition) is 0. The van der Waals surface area contributed by atoms with Crippen molar-refractivity contribution in [3.8, 4) is 0 Å². The summed E-state index contributed by atoms with van der Waals surface area (Å²) in [6.07, 6.45) is 4.17. The molecule has 0 unspecified atom stereocenters. The highest BCUT2D eigenvalue weighted by atomic mass is 16.7. The Morgan fingerprint density at radius 2 is 1.65 bits per heavy atom. The van der Waals surface area contributed by atoms with E-state index >= 15 is 0 Å². The predicted molar refractivity (Wildman–Crippen MR) is 70.3 cm³/mol. The van der Waals surface area contributed by atoms with E-state index in [-0.39, 0.29) is 18.5 Å². The van der Waals surface area contributed by atoms with Crippen molar-refractivity contribution in [3.63, 3.8) is 0 Å². The molecule has 1 saturated heterocycles. The quantitative estimate of drug-likeness (QED) is 0.652. The zero-order valence-corrected chi connectivity index (χ0v) is 11.7. The number of nitrogens with zero attached hydrogens (tertiary/aromatic N) is 1. The fourth-order valence-corrected chi connectivity index (χ4v) is 1.89. The van der Waals surface area contributed by atoms with Crippen LogP contribution in [0.5, 0.6) is 0 Å². The summed E-state index contributed by atoms with van der Waals surface area (Å²) in [4.78, 5) is 2.11. The van der Waals surface area contributed by atoms with E-state index in [0.29, 0.717) is 0 Å². The second-order valence-corrected chi connectivity index (χ2v) is 6.01. The van der Waals surface area contributed by atoms with Gasteiger partial charge in [-0.05, 0) is 59.4 Å². The van der Waals surface area contributed by atoms with Crippen LogP contribution in [0.3, 0.4) is 0 Å². The molecule has 17 heavy (non-hydrogen) atoms. The van der Waals surface area contributed by atoms with Gasteiger partial charge in [-0.2, -0.15) is 0 Å². The third-order valence-electron chi connectivity index (χ3n) is 4.12. The molecule has 0 spiro atoms. The van der Waals surface area contributed by atoms with Crippen LogP contribution in [0.2, 0.25) is 0 Å². The van der Waals surface area contributed by atoms with Gasteiger partial charge in [0.25, 0.3) is 0 Å². The van der Waals surface area contributed by atoms with Gasteiger partial charge in [0.1, 0.15) is 0 Å². The first kappa shape index (κ1) is 12.7. The zero-order valence-electron chi connectivity index (χ0n) is 11.7. The van der Waals surface area contributed by atoms with E-state index < -0.39 is 0 Å². The molecule has 0 aliphatic carbocycles. The highest BCUT2D eigenvalue weighted by Crippen LogP contribution is 2.38. The van der Waals surface area contributed by atoms with Crippen LogP contribution in [0.1, 0.15) is 41.5 Å². The predicted octanol–water partition coefficient (Wildman–Crippen LogP) is 2.74. The Labute approximate surface area is 105 Å². The molecule has 3 nitrogen and oxygen atoms in total. The van der Waals surface area contributed by atoms with Crippen molar-refractivity contribution >= 4 is 7.25 Å². The second kappa shape index (κ2) is 3.89. The van der Waals surface area contributed by atoms with Crippen molar-refractivity contribution in [1.82, 2.24) is 4.81 Å². The van der Waals surface area contributed by atoms with Gasteiger partial charge in [-0.25, -0.2) is 0 Å². The molecule has 0 bridgehead atoms. The summed E-state index contributed by atoms with van der Waals surface area (Å²) in [5, 5.41) is 0. The molecule has 0 N–H and O–H groups in total. The number of allylic oxidation sites excluding steroid dienone is 2. The maximum absolute atomic E-state index is 6.02. The average Bonchev–Trinajstić information content (AvgIpc) is 2.41. The Morgan fingerprint density at radius 1 is 1.12 bits per heavy atom. The van der Waals surface area contributed by atoms with Crippen LogP contribution in [0.25, 0.3) is 0 Å². The Kier molecular flexibility index (Phi) is 2.91.